The SMILES string of the molecule is CC(C)(C)CN1Cc2cccn2C1=O. The van der Waals surface area contributed by atoms with Crippen LogP contribution in [0, 0.1) is 5.41 Å². The van der Waals surface area contributed by atoms with Gasteiger partial charge in [0.2, 0.25) is 0 Å². The third-order valence-corrected chi connectivity index (χ3v) is 2.33. The van der Waals surface area contributed by atoms with Crippen molar-refractivity contribution in [2.75, 3.05) is 6.54 Å². The van der Waals surface area contributed by atoms with Crippen LogP contribution in [0.25, 0.3) is 0 Å². The average Bonchev–Trinajstić information content (AvgIpc) is 2.55. The fourth-order valence-corrected chi connectivity index (χ4v) is 1.84. The Morgan fingerprint density at radius 3 is 2.71 bits per heavy atom. The first-order valence-corrected chi connectivity index (χ1v) is 4.93. The van der Waals surface area contributed by atoms with Gasteiger partial charge in [-0.15, -0.1) is 0 Å². The zero-order chi connectivity index (χ0) is 10.3. The Labute approximate surface area is 84.3 Å². The summed E-state index contributed by atoms with van der Waals surface area (Å²) in [5, 5.41) is 0. The molecule has 14 heavy (non-hydrogen) atoms. The first-order valence-electron chi connectivity index (χ1n) is 4.93. The third-order valence-electron chi connectivity index (χ3n) is 2.33. The van der Waals surface area contributed by atoms with Crippen molar-refractivity contribution in [3.63, 3.8) is 0 Å². The fraction of sp³-hybridized carbons (Fsp3) is 0.545. The molecule has 0 saturated heterocycles. The normalized spacial score (nSPS) is 16.2. The molecule has 0 spiro atoms. The fourth-order valence-electron chi connectivity index (χ4n) is 1.84. The molecule has 1 aromatic heterocycles. The minimum atomic E-state index is 0.111. The molecule has 0 fully saturated rings. The zero-order valence-electron chi connectivity index (χ0n) is 8.95. The van der Waals surface area contributed by atoms with E-state index in [-0.39, 0.29) is 11.4 Å². The lowest BCUT2D eigenvalue weighted by atomic mass is 9.96. The molecule has 0 aromatic carbocycles. The van der Waals surface area contributed by atoms with Crippen LogP contribution < -0.4 is 0 Å². The number of hydrogen-bond donors (Lipinski definition) is 0. The van der Waals surface area contributed by atoms with Gasteiger partial charge >= 0.3 is 6.03 Å². The summed E-state index contributed by atoms with van der Waals surface area (Å²) >= 11 is 0. The summed E-state index contributed by atoms with van der Waals surface area (Å²) in [6.45, 7) is 8.01. The lowest BCUT2D eigenvalue weighted by Gasteiger charge is -2.25. The summed E-state index contributed by atoms with van der Waals surface area (Å²) in [7, 11) is 0. The van der Waals surface area contributed by atoms with E-state index in [1.165, 1.54) is 0 Å². The van der Waals surface area contributed by atoms with Crippen LogP contribution in [0.15, 0.2) is 18.3 Å². The van der Waals surface area contributed by atoms with Crippen molar-refractivity contribution in [2.45, 2.75) is 27.3 Å². The molecule has 2 heterocycles. The highest BCUT2D eigenvalue weighted by molar-refractivity contribution is 5.80. The van der Waals surface area contributed by atoms with Gasteiger partial charge in [-0.05, 0) is 17.5 Å². The molecule has 76 valence electrons. The van der Waals surface area contributed by atoms with Gasteiger partial charge in [-0.1, -0.05) is 20.8 Å². The second-order valence-corrected chi connectivity index (χ2v) is 5.07. The third kappa shape index (κ3) is 1.54. The van der Waals surface area contributed by atoms with Gasteiger partial charge in [0.15, 0.2) is 0 Å². The monoisotopic (exact) mass is 192 g/mol. The highest BCUT2D eigenvalue weighted by Crippen LogP contribution is 2.22. The molecule has 3 nitrogen and oxygen atoms in total. The quantitative estimate of drug-likeness (QED) is 0.670. The summed E-state index contributed by atoms with van der Waals surface area (Å²) < 4.78 is 1.73. The number of hydrogen-bond acceptors (Lipinski definition) is 1. The van der Waals surface area contributed by atoms with Gasteiger partial charge in [0.1, 0.15) is 0 Å². The Balaban J connectivity index is 2.15. The minimum Gasteiger partial charge on any atom is -0.318 e. The average molecular weight is 192 g/mol. The Morgan fingerprint density at radius 2 is 2.14 bits per heavy atom. The number of nitrogens with zero attached hydrogens (tertiary/aromatic N) is 2. The molecule has 2 rings (SSSR count). The van der Waals surface area contributed by atoms with Gasteiger partial charge in [-0.2, -0.15) is 0 Å². The summed E-state index contributed by atoms with van der Waals surface area (Å²) in [4.78, 5) is 13.7. The molecule has 0 radical (unpaired) electrons. The van der Waals surface area contributed by atoms with E-state index < -0.39 is 0 Å². The van der Waals surface area contributed by atoms with Gasteiger partial charge in [0, 0.05) is 18.4 Å². The first-order chi connectivity index (χ1) is 6.47. The molecular weight excluding hydrogens is 176 g/mol. The van der Waals surface area contributed by atoms with E-state index in [0.29, 0.717) is 0 Å². The molecule has 1 aliphatic heterocycles. The zero-order valence-corrected chi connectivity index (χ0v) is 8.95. The number of carbonyl (C=O) groups excluding carboxylic acids is 1. The maximum absolute atomic E-state index is 11.8. The van der Waals surface area contributed by atoms with Crippen molar-refractivity contribution in [1.82, 2.24) is 9.47 Å². The standard InChI is InChI=1S/C11H16N2O/c1-11(2,3)8-12-7-9-5-4-6-13(9)10(12)14/h4-6H,7-8H2,1-3H3. The predicted molar refractivity (Wildman–Crippen MR) is 55.1 cm³/mol. The molecule has 1 aliphatic rings. The van der Waals surface area contributed by atoms with Crippen LogP contribution in [0.4, 0.5) is 4.79 Å². The number of rotatable bonds is 1. The lowest BCUT2D eigenvalue weighted by molar-refractivity contribution is 0.185. The Hall–Kier alpha value is -1.25. The predicted octanol–water partition coefficient (Wildman–Crippen LogP) is 2.32. The second-order valence-electron chi connectivity index (χ2n) is 5.07. The molecule has 0 bridgehead atoms. The second kappa shape index (κ2) is 2.87. The lowest BCUT2D eigenvalue weighted by Crippen LogP contribution is -2.34. The van der Waals surface area contributed by atoms with Crippen LogP contribution in [0.3, 0.4) is 0 Å². The number of carbonyl (C=O) groups is 1. The molecule has 0 unspecified atom stereocenters. The van der Waals surface area contributed by atoms with Crippen LogP contribution in [0.5, 0.6) is 0 Å². The van der Waals surface area contributed by atoms with Crippen LogP contribution in [-0.2, 0) is 6.54 Å². The maximum Gasteiger partial charge on any atom is 0.328 e. The van der Waals surface area contributed by atoms with E-state index in [2.05, 4.69) is 20.8 Å². The molecule has 1 amide bonds. The highest BCUT2D eigenvalue weighted by Gasteiger charge is 2.28. The van der Waals surface area contributed by atoms with Crippen molar-refractivity contribution in [1.29, 1.82) is 0 Å². The van der Waals surface area contributed by atoms with E-state index >= 15 is 0 Å². The smallest absolute Gasteiger partial charge is 0.318 e. The van der Waals surface area contributed by atoms with Crippen LogP contribution in [0.2, 0.25) is 0 Å². The molecule has 0 atom stereocenters. The van der Waals surface area contributed by atoms with Gasteiger partial charge < -0.3 is 4.90 Å². The van der Waals surface area contributed by atoms with Gasteiger partial charge in [-0.3, -0.25) is 4.57 Å². The largest absolute Gasteiger partial charge is 0.328 e. The van der Waals surface area contributed by atoms with E-state index in [9.17, 15) is 4.79 Å². The van der Waals surface area contributed by atoms with Crippen LogP contribution in [0.1, 0.15) is 26.5 Å². The number of amides is 1. The molecule has 1 aromatic rings. The van der Waals surface area contributed by atoms with Crippen molar-refractivity contribution < 1.29 is 4.79 Å². The Kier molecular flexibility index (Phi) is 1.91. The van der Waals surface area contributed by atoms with Crippen molar-refractivity contribution in [2.24, 2.45) is 5.41 Å². The van der Waals surface area contributed by atoms with E-state index in [0.717, 1.165) is 18.8 Å². The summed E-state index contributed by atoms with van der Waals surface area (Å²) in [5.74, 6) is 0. The number of fused-ring (bicyclic) bond motifs is 1. The van der Waals surface area contributed by atoms with Crippen molar-refractivity contribution in [3.8, 4) is 0 Å². The van der Waals surface area contributed by atoms with E-state index in [4.69, 9.17) is 0 Å². The minimum absolute atomic E-state index is 0.111. The van der Waals surface area contributed by atoms with Crippen molar-refractivity contribution >= 4 is 6.03 Å². The van der Waals surface area contributed by atoms with E-state index in [1.807, 2.05) is 23.2 Å². The molecular formula is C11H16N2O. The summed E-state index contributed by atoms with van der Waals surface area (Å²) in [6, 6.07) is 4.03. The molecule has 0 N–H and O–H groups in total. The molecule has 0 aliphatic carbocycles. The Bertz CT molecular complexity index is 360. The van der Waals surface area contributed by atoms with Gasteiger partial charge in [0.25, 0.3) is 0 Å². The van der Waals surface area contributed by atoms with E-state index in [1.54, 1.807) is 4.57 Å². The van der Waals surface area contributed by atoms with Crippen LogP contribution in [-0.4, -0.2) is 22.0 Å². The highest BCUT2D eigenvalue weighted by atomic mass is 16.2. The van der Waals surface area contributed by atoms with Crippen molar-refractivity contribution in [3.05, 3.63) is 24.0 Å². The van der Waals surface area contributed by atoms with Gasteiger partial charge in [-0.25, -0.2) is 4.79 Å². The maximum atomic E-state index is 11.8. The van der Waals surface area contributed by atoms with Crippen LogP contribution >= 0.6 is 0 Å². The first kappa shape index (κ1) is 9.31. The Morgan fingerprint density at radius 1 is 1.43 bits per heavy atom. The summed E-state index contributed by atoms with van der Waals surface area (Å²) in [5.41, 5.74) is 1.26. The molecule has 3 heteroatoms. The topological polar surface area (TPSA) is 25.2 Å². The van der Waals surface area contributed by atoms with Gasteiger partial charge in [0.05, 0.1) is 6.54 Å². The molecule has 0 saturated carbocycles. The summed E-state index contributed by atoms with van der Waals surface area (Å²) in [6.07, 6.45) is 1.83. The number of aromatic nitrogens is 1.